The summed E-state index contributed by atoms with van der Waals surface area (Å²) in [5, 5.41) is -4.69. The minimum absolute atomic E-state index is 0.168. The van der Waals surface area contributed by atoms with Crippen LogP contribution in [0, 0.1) is 23.7 Å². The summed E-state index contributed by atoms with van der Waals surface area (Å²) in [5.74, 6) is -0.699. The Bertz CT molecular complexity index is 1430. The first kappa shape index (κ1) is 34.8. The maximum atomic E-state index is 13.1. The van der Waals surface area contributed by atoms with Crippen molar-refractivity contribution in [1.29, 1.82) is 0 Å². The number of hydrogen-bond donors (Lipinski definition) is 4. The first-order chi connectivity index (χ1) is 21.3. The molecule has 0 heterocycles. The molecule has 8 unspecified atom stereocenters. The third-order valence-electron chi connectivity index (χ3n) is 12.3. The SMILES string of the molecule is CC1C=CC=CC1(C)P(O)(O)(Oc1cccc(OP(O)(O)(C2(C)C=CC=CC2C)C2(C)C=CC=CC2C)c1)C1(C)C=CC=CC1C. The molecule has 0 saturated heterocycles. The van der Waals surface area contributed by atoms with E-state index in [0.717, 1.165) is 0 Å². The van der Waals surface area contributed by atoms with Gasteiger partial charge in [0.2, 0.25) is 0 Å². The number of benzene rings is 1. The van der Waals surface area contributed by atoms with Gasteiger partial charge in [0, 0.05) is 0 Å². The van der Waals surface area contributed by atoms with E-state index < -0.39 is 35.2 Å². The van der Waals surface area contributed by atoms with Crippen LogP contribution in [-0.2, 0) is 0 Å². The van der Waals surface area contributed by atoms with Crippen molar-refractivity contribution in [2.45, 2.75) is 76.0 Å². The van der Waals surface area contributed by atoms with E-state index in [1.165, 1.54) is 0 Å². The van der Waals surface area contributed by atoms with E-state index in [0.29, 0.717) is 0 Å². The Morgan fingerprint density at radius 3 is 0.978 bits per heavy atom. The van der Waals surface area contributed by atoms with E-state index in [1.807, 2.05) is 153 Å². The molecule has 0 radical (unpaired) electrons. The van der Waals surface area contributed by atoms with E-state index >= 15 is 0 Å². The minimum atomic E-state index is -5.29. The molecule has 4 aliphatic carbocycles. The summed E-state index contributed by atoms with van der Waals surface area (Å²) >= 11 is 0. The Morgan fingerprint density at radius 1 is 0.478 bits per heavy atom. The molecule has 8 heteroatoms. The standard InChI is InChI=1S/C38H52O6P2/c1-29-18-9-13-24-35(29,5)45(39,40,36(6)25-14-10-19-30(36)2)43-33-22-17-23-34(28-33)44-46(41,42,37(7)26-15-11-20-31(37)3)38(8)27-16-12-21-32(38)4/h9-32,39-42H,1-8H3. The van der Waals surface area contributed by atoms with E-state index in [2.05, 4.69) is 0 Å². The summed E-state index contributed by atoms with van der Waals surface area (Å²) in [4.78, 5) is 52.4. The Hall–Kier alpha value is -2.56. The summed E-state index contributed by atoms with van der Waals surface area (Å²) in [6.45, 7) is 15.3. The molecule has 46 heavy (non-hydrogen) atoms. The Kier molecular flexibility index (Phi) is 8.30. The Labute approximate surface area is 275 Å². The number of hydrogen-bond acceptors (Lipinski definition) is 6. The fraction of sp³-hybridized carbons (Fsp3) is 0.421. The second kappa shape index (κ2) is 11.0. The van der Waals surface area contributed by atoms with Gasteiger partial charge in [-0.2, -0.15) is 0 Å². The molecule has 0 amide bonds. The second-order valence-electron chi connectivity index (χ2n) is 14.6. The van der Waals surface area contributed by atoms with E-state index in [1.54, 1.807) is 24.3 Å². The third kappa shape index (κ3) is 4.45. The van der Waals surface area contributed by atoms with Crippen molar-refractivity contribution in [3.63, 3.8) is 0 Å². The zero-order valence-corrected chi connectivity index (χ0v) is 30.1. The normalized spacial score (nSPS) is 38.6. The van der Waals surface area contributed by atoms with Crippen molar-refractivity contribution >= 4 is 14.6 Å². The van der Waals surface area contributed by atoms with E-state index in [-0.39, 0.29) is 35.2 Å². The van der Waals surface area contributed by atoms with Gasteiger partial charge >= 0.3 is 276 Å². The molecule has 0 fully saturated rings. The fourth-order valence-electron chi connectivity index (χ4n) is 7.74. The second-order valence-corrected chi connectivity index (χ2v) is 22.6. The van der Waals surface area contributed by atoms with Crippen LogP contribution >= 0.6 is 14.6 Å². The maximum absolute atomic E-state index is 13.1. The monoisotopic (exact) mass is 666 g/mol. The van der Waals surface area contributed by atoms with Crippen LogP contribution in [0.5, 0.6) is 11.5 Å². The van der Waals surface area contributed by atoms with Gasteiger partial charge in [-0.1, -0.05) is 0 Å². The van der Waals surface area contributed by atoms with Crippen molar-refractivity contribution in [1.82, 2.24) is 0 Å². The van der Waals surface area contributed by atoms with Gasteiger partial charge in [0.15, 0.2) is 0 Å². The first-order valence-electron chi connectivity index (χ1n) is 16.2. The molecule has 0 aromatic heterocycles. The van der Waals surface area contributed by atoms with Crippen molar-refractivity contribution in [3.8, 4) is 11.5 Å². The molecule has 0 aliphatic heterocycles. The summed E-state index contributed by atoms with van der Waals surface area (Å²) in [6, 6.07) is 6.58. The third-order valence-corrected chi connectivity index (χ3v) is 22.6. The molecule has 1 aromatic rings. The van der Waals surface area contributed by atoms with Gasteiger partial charge < -0.3 is 0 Å². The van der Waals surface area contributed by atoms with Gasteiger partial charge in [-0.25, -0.2) is 0 Å². The Balaban J connectivity index is 1.66. The van der Waals surface area contributed by atoms with Crippen LogP contribution in [0.2, 0.25) is 0 Å². The average Bonchev–Trinajstić information content (AvgIpc) is 2.99. The van der Waals surface area contributed by atoms with Gasteiger partial charge in [-0.3, -0.25) is 0 Å². The van der Waals surface area contributed by atoms with Gasteiger partial charge in [-0.05, 0) is 0 Å². The van der Waals surface area contributed by atoms with Gasteiger partial charge in [0.25, 0.3) is 0 Å². The molecule has 5 rings (SSSR count). The van der Waals surface area contributed by atoms with Gasteiger partial charge in [-0.15, -0.1) is 0 Å². The zero-order chi connectivity index (χ0) is 33.9. The molecule has 0 spiro atoms. The summed E-state index contributed by atoms with van der Waals surface area (Å²) < 4.78 is 13.4. The van der Waals surface area contributed by atoms with Crippen LogP contribution in [0.25, 0.3) is 0 Å². The topological polar surface area (TPSA) is 99.4 Å². The van der Waals surface area contributed by atoms with Crippen LogP contribution in [0.1, 0.15) is 55.4 Å². The summed E-state index contributed by atoms with van der Waals surface area (Å²) in [7, 11) is -10.6. The molecule has 8 atom stereocenters. The predicted molar refractivity (Wildman–Crippen MR) is 194 cm³/mol. The van der Waals surface area contributed by atoms with Crippen LogP contribution < -0.4 is 9.05 Å². The Morgan fingerprint density at radius 2 is 0.739 bits per heavy atom. The van der Waals surface area contributed by atoms with Gasteiger partial charge in [0.05, 0.1) is 0 Å². The summed E-state index contributed by atoms with van der Waals surface area (Å²) in [5.41, 5.74) is 0. The van der Waals surface area contributed by atoms with E-state index in [9.17, 15) is 19.6 Å². The molecular formula is C38H52O6P2. The van der Waals surface area contributed by atoms with E-state index in [4.69, 9.17) is 9.05 Å². The number of allylic oxidation sites excluding steroid dienone is 16. The van der Waals surface area contributed by atoms with Crippen molar-refractivity contribution in [2.24, 2.45) is 23.7 Å². The number of rotatable bonds is 8. The first-order valence-corrected chi connectivity index (χ1v) is 20.4. The van der Waals surface area contributed by atoms with Gasteiger partial charge in [0.1, 0.15) is 0 Å². The molecule has 6 nitrogen and oxygen atoms in total. The quantitative estimate of drug-likeness (QED) is 0.207. The van der Waals surface area contributed by atoms with Crippen LogP contribution in [-0.4, -0.2) is 40.2 Å². The molecule has 0 bridgehead atoms. The van der Waals surface area contributed by atoms with Crippen molar-refractivity contribution < 1.29 is 28.6 Å². The molecule has 0 saturated carbocycles. The molecule has 1 aromatic carbocycles. The molecular weight excluding hydrogens is 614 g/mol. The predicted octanol–water partition coefficient (Wildman–Crippen LogP) is 9.09. The molecule has 4 aliphatic rings. The van der Waals surface area contributed by atoms with Crippen LogP contribution in [0.3, 0.4) is 0 Å². The van der Waals surface area contributed by atoms with Crippen LogP contribution in [0.4, 0.5) is 0 Å². The molecule has 4 N–H and O–H groups in total. The van der Waals surface area contributed by atoms with Crippen LogP contribution in [0.15, 0.2) is 121 Å². The van der Waals surface area contributed by atoms with Crippen molar-refractivity contribution in [3.05, 3.63) is 121 Å². The zero-order valence-electron chi connectivity index (χ0n) is 28.4. The average molecular weight is 667 g/mol. The summed E-state index contributed by atoms with van der Waals surface area (Å²) in [6.07, 6.45) is 30.3. The van der Waals surface area contributed by atoms with Crippen molar-refractivity contribution in [2.75, 3.05) is 0 Å². The fourth-order valence-corrected chi connectivity index (χ4v) is 16.3. The molecule has 250 valence electrons.